The van der Waals surface area contributed by atoms with Crippen LogP contribution in [0.25, 0.3) is 0 Å². The van der Waals surface area contributed by atoms with Gasteiger partial charge >= 0.3 is 0 Å². The van der Waals surface area contributed by atoms with Crippen molar-refractivity contribution in [1.29, 1.82) is 0 Å². The summed E-state index contributed by atoms with van der Waals surface area (Å²) in [6.45, 7) is 2.40. The predicted octanol–water partition coefficient (Wildman–Crippen LogP) is 2.49. The minimum Gasteiger partial charge on any atom is -0.491 e. The van der Waals surface area contributed by atoms with Crippen molar-refractivity contribution in [1.82, 2.24) is 9.88 Å². The van der Waals surface area contributed by atoms with Gasteiger partial charge in [0.25, 0.3) is 11.8 Å². The molecule has 1 aromatic heterocycles. The van der Waals surface area contributed by atoms with Gasteiger partial charge in [0.1, 0.15) is 28.9 Å². The molecule has 0 spiro atoms. The lowest BCUT2D eigenvalue weighted by Gasteiger charge is -2.22. The van der Waals surface area contributed by atoms with Crippen molar-refractivity contribution in [3.8, 4) is 5.75 Å². The second-order valence-corrected chi connectivity index (χ2v) is 10.8. The maximum absolute atomic E-state index is 15.0. The molecule has 1 aliphatic rings. The van der Waals surface area contributed by atoms with E-state index in [0.717, 1.165) is 29.0 Å². The number of primary amides is 1. The van der Waals surface area contributed by atoms with Crippen LogP contribution in [0.3, 0.4) is 0 Å². The molecule has 0 aliphatic carbocycles. The van der Waals surface area contributed by atoms with Gasteiger partial charge in [0.15, 0.2) is 9.84 Å². The Bertz CT molecular complexity index is 1510. The fourth-order valence-corrected chi connectivity index (χ4v) is 5.15. The van der Waals surface area contributed by atoms with Crippen molar-refractivity contribution in [2.45, 2.75) is 31.2 Å². The highest BCUT2D eigenvalue weighted by atomic mass is 32.2. The number of pyridine rings is 1. The highest BCUT2D eigenvalue weighted by Gasteiger charge is 2.27. The summed E-state index contributed by atoms with van der Waals surface area (Å²) in [6, 6.07) is 9.70. The Balaban J connectivity index is 1.62. The number of fused-ring (bicyclic) bond motifs is 1. The van der Waals surface area contributed by atoms with Crippen LogP contribution >= 0.6 is 0 Å². The Morgan fingerprint density at radius 3 is 2.57 bits per heavy atom. The average molecular weight is 527 g/mol. The van der Waals surface area contributed by atoms with E-state index in [9.17, 15) is 18.0 Å². The number of hydrogen-bond donors (Lipinski definition) is 2. The molecular formula is C26H27FN4O5S. The van der Waals surface area contributed by atoms with Crippen molar-refractivity contribution >= 4 is 27.5 Å². The summed E-state index contributed by atoms with van der Waals surface area (Å²) in [4.78, 5) is 30.2. The Hall–Kier alpha value is -3.99. The average Bonchev–Trinajstić information content (AvgIpc) is 3.05. The van der Waals surface area contributed by atoms with E-state index >= 15 is 4.39 Å². The monoisotopic (exact) mass is 526 g/mol. The third-order valence-corrected chi connectivity index (χ3v) is 7.35. The molecule has 2 heterocycles. The van der Waals surface area contributed by atoms with Crippen LogP contribution in [0.5, 0.6) is 5.75 Å². The van der Waals surface area contributed by atoms with Gasteiger partial charge in [-0.1, -0.05) is 13.0 Å². The van der Waals surface area contributed by atoms with Gasteiger partial charge in [-0.2, -0.15) is 0 Å². The number of anilines is 1. The van der Waals surface area contributed by atoms with Crippen molar-refractivity contribution in [3.05, 3.63) is 81.8 Å². The third kappa shape index (κ3) is 5.41. The van der Waals surface area contributed by atoms with Crippen LogP contribution in [-0.2, 0) is 29.2 Å². The van der Waals surface area contributed by atoms with Crippen molar-refractivity contribution < 1.29 is 27.1 Å². The quantitative estimate of drug-likeness (QED) is 0.502. The van der Waals surface area contributed by atoms with Crippen molar-refractivity contribution in [2.75, 3.05) is 25.1 Å². The van der Waals surface area contributed by atoms with E-state index in [-0.39, 0.29) is 48.6 Å². The summed E-state index contributed by atoms with van der Waals surface area (Å²) in [5.74, 6) is -1.28. The molecule has 0 unspecified atom stereocenters. The Morgan fingerprint density at radius 2 is 1.89 bits per heavy atom. The first kappa shape index (κ1) is 26.1. The number of nitrogens with zero attached hydrogens (tertiary/aromatic N) is 2. The van der Waals surface area contributed by atoms with Gasteiger partial charge < -0.3 is 21.1 Å². The Kier molecular flexibility index (Phi) is 7.17. The zero-order valence-corrected chi connectivity index (χ0v) is 21.3. The molecule has 9 nitrogen and oxygen atoms in total. The smallest absolute Gasteiger partial charge is 0.254 e. The molecule has 2 amide bonds. The molecule has 0 saturated heterocycles. The van der Waals surface area contributed by atoms with Crippen LogP contribution in [0.15, 0.2) is 47.5 Å². The van der Waals surface area contributed by atoms with Crippen LogP contribution in [0.2, 0.25) is 0 Å². The van der Waals surface area contributed by atoms with Crippen LogP contribution in [-0.4, -0.2) is 49.5 Å². The van der Waals surface area contributed by atoms with Crippen LogP contribution in [0, 0.1) is 5.82 Å². The fourth-order valence-electron chi connectivity index (χ4n) is 4.38. The summed E-state index contributed by atoms with van der Waals surface area (Å²) in [7, 11) is -3.78. The molecule has 4 N–H and O–H groups in total. The number of rotatable bonds is 6. The number of carbonyl (C=O) groups is 2. The minimum absolute atomic E-state index is 0.0631. The van der Waals surface area contributed by atoms with E-state index in [4.69, 9.17) is 16.2 Å². The van der Waals surface area contributed by atoms with Crippen LogP contribution in [0.4, 0.5) is 10.2 Å². The normalized spacial score (nSPS) is 13.4. The molecule has 4 rings (SSSR count). The maximum atomic E-state index is 15.0. The lowest BCUT2D eigenvalue weighted by molar-refractivity contribution is 0.0731. The summed E-state index contributed by atoms with van der Waals surface area (Å²) in [5, 5.41) is 0. The van der Waals surface area contributed by atoms with Gasteiger partial charge in [-0.05, 0) is 54.3 Å². The minimum atomic E-state index is -3.78. The molecule has 1 aliphatic heterocycles. The maximum Gasteiger partial charge on any atom is 0.254 e. The molecule has 194 valence electrons. The van der Waals surface area contributed by atoms with Crippen LogP contribution in [0.1, 0.15) is 49.9 Å². The zero-order chi connectivity index (χ0) is 26.9. The Morgan fingerprint density at radius 1 is 1.14 bits per heavy atom. The lowest BCUT2D eigenvalue weighted by Crippen LogP contribution is -2.33. The molecule has 2 aromatic carbocycles. The number of nitrogen functional groups attached to an aromatic ring is 1. The summed E-state index contributed by atoms with van der Waals surface area (Å²) >= 11 is 0. The molecule has 0 atom stereocenters. The third-order valence-electron chi connectivity index (χ3n) is 6.23. The van der Waals surface area contributed by atoms with E-state index in [2.05, 4.69) is 4.98 Å². The van der Waals surface area contributed by atoms with Crippen LogP contribution < -0.4 is 16.2 Å². The van der Waals surface area contributed by atoms with E-state index in [0.29, 0.717) is 12.2 Å². The molecule has 0 fully saturated rings. The number of aromatic nitrogens is 1. The SMILES string of the molecule is CCc1c(C(=O)N2CCOc3ccc(Cc4cnc(N)c(C(N)=O)c4)cc3C2)ccc(S(C)(=O)=O)c1F. The van der Waals surface area contributed by atoms with E-state index in [1.165, 1.54) is 6.07 Å². The number of sulfone groups is 1. The largest absolute Gasteiger partial charge is 0.491 e. The number of ether oxygens (including phenoxy) is 1. The van der Waals surface area contributed by atoms with Crippen molar-refractivity contribution in [3.63, 3.8) is 0 Å². The molecule has 37 heavy (non-hydrogen) atoms. The molecular weight excluding hydrogens is 499 g/mol. The number of hydrogen-bond acceptors (Lipinski definition) is 7. The Labute approximate surface area is 214 Å². The van der Waals surface area contributed by atoms with E-state index in [1.54, 1.807) is 24.1 Å². The first-order valence-electron chi connectivity index (χ1n) is 11.6. The van der Waals surface area contributed by atoms with Gasteiger partial charge in [-0.15, -0.1) is 0 Å². The highest BCUT2D eigenvalue weighted by molar-refractivity contribution is 7.90. The first-order chi connectivity index (χ1) is 17.5. The second-order valence-electron chi connectivity index (χ2n) is 8.86. The molecule has 0 radical (unpaired) electrons. The standard InChI is InChI=1S/C26H27FN4O5S/c1-3-18-19(5-7-22(23(18)27)37(2,34)35)26(33)31-8-9-36-21-6-4-15(11-17(21)14-31)10-16-12-20(25(29)32)24(28)30-13-16/h4-7,11-13H,3,8-10,14H2,1-2H3,(H2,28,30)(H2,29,32). The first-order valence-corrected chi connectivity index (χ1v) is 13.5. The topological polar surface area (TPSA) is 146 Å². The van der Waals surface area contributed by atoms with E-state index < -0.39 is 32.4 Å². The van der Waals surface area contributed by atoms with Gasteiger partial charge in [0, 0.05) is 35.7 Å². The number of nitrogens with two attached hydrogens (primary N) is 2. The molecule has 0 bridgehead atoms. The van der Waals surface area contributed by atoms with E-state index in [1.807, 2.05) is 18.2 Å². The predicted molar refractivity (Wildman–Crippen MR) is 136 cm³/mol. The molecule has 11 heteroatoms. The fraction of sp³-hybridized carbons (Fsp3) is 0.269. The van der Waals surface area contributed by atoms with Gasteiger partial charge in [-0.25, -0.2) is 17.8 Å². The lowest BCUT2D eigenvalue weighted by atomic mass is 10.0. The number of benzene rings is 2. The summed E-state index contributed by atoms with van der Waals surface area (Å²) in [6.07, 6.45) is 3.10. The molecule has 0 saturated carbocycles. The van der Waals surface area contributed by atoms with Crippen molar-refractivity contribution in [2.24, 2.45) is 5.73 Å². The number of carbonyl (C=O) groups excluding carboxylic acids is 2. The molecule has 3 aromatic rings. The van der Waals surface area contributed by atoms with Gasteiger partial charge in [-0.3, -0.25) is 9.59 Å². The second kappa shape index (κ2) is 10.2. The summed E-state index contributed by atoms with van der Waals surface area (Å²) < 4.78 is 44.7. The zero-order valence-electron chi connectivity index (χ0n) is 20.5. The highest BCUT2D eigenvalue weighted by Crippen LogP contribution is 2.28. The number of halogens is 1. The van der Waals surface area contributed by atoms with Gasteiger partial charge in [0.05, 0.1) is 12.1 Å². The number of amides is 2. The van der Waals surface area contributed by atoms with Gasteiger partial charge in [0.2, 0.25) is 0 Å². The summed E-state index contributed by atoms with van der Waals surface area (Å²) in [5.41, 5.74) is 13.8.